The molecule has 2 aliphatic heterocycles. The fourth-order valence-electron chi connectivity index (χ4n) is 5.40. The van der Waals surface area contributed by atoms with Gasteiger partial charge in [-0.05, 0) is 46.1 Å². The van der Waals surface area contributed by atoms with Crippen LogP contribution in [0.5, 0.6) is 0 Å². The first kappa shape index (κ1) is 22.6. The average molecular weight is 469 g/mol. The maximum Gasteiger partial charge on any atom is 0.410 e. The van der Waals surface area contributed by atoms with Crippen LogP contribution in [0.2, 0.25) is 0 Å². The molecule has 1 atom stereocenters. The number of carbonyl (C=O) groups is 3. The van der Waals surface area contributed by atoms with Gasteiger partial charge in [0.2, 0.25) is 11.9 Å². The van der Waals surface area contributed by atoms with Crippen molar-refractivity contribution in [1.82, 2.24) is 24.8 Å². The van der Waals surface area contributed by atoms with E-state index >= 15 is 0 Å². The zero-order valence-electron chi connectivity index (χ0n) is 20.0. The van der Waals surface area contributed by atoms with Crippen molar-refractivity contribution in [2.75, 3.05) is 25.0 Å². The summed E-state index contributed by atoms with van der Waals surface area (Å²) in [6.07, 6.45) is 7.19. The third-order valence-electron chi connectivity index (χ3n) is 7.06. The van der Waals surface area contributed by atoms with Gasteiger partial charge in [0.25, 0.3) is 5.91 Å². The Labute approximate surface area is 198 Å². The first-order valence-electron chi connectivity index (χ1n) is 12.1. The van der Waals surface area contributed by atoms with Crippen LogP contribution in [0.15, 0.2) is 12.3 Å². The van der Waals surface area contributed by atoms with E-state index in [0.29, 0.717) is 37.4 Å². The Morgan fingerprint density at radius 1 is 1.24 bits per heavy atom. The molecule has 1 saturated carbocycles. The van der Waals surface area contributed by atoms with E-state index in [4.69, 9.17) is 4.74 Å². The molecule has 182 valence electrons. The number of likely N-dealkylation sites (tertiary alicyclic amines) is 1. The lowest BCUT2D eigenvalue weighted by atomic mass is 9.80. The standard InChI is InChI=1S/C24H32N6O4/c1-23(2,3)34-22(33)29-10-7-15(13-29)19(31)28-21-25-12-16-11-17-20(32)26-14-24(8-5-4-6-9-24)30(17)18(16)27-21/h11-12,15H,4-10,13-14H2,1-3H3,(H,26,32)(H,25,27,28,31)/t15-/m1/s1. The largest absolute Gasteiger partial charge is 0.444 e. The van der Waals surface area contributed by atoms with Crippen LogP contribution < -0.4 is 10.6 Å². The van der Waals surface area contributed by atoms with Gasteiger partial charge in [0, 0.05) is 31.2 Å². The monoisotopic (exact) mass is 468 g/mol. The van der Waals surface area contributed by atoms with Gasteiger partial charge < -0.3 is 19.5 Å². The summed E-state index contributed by atoms with van der Waals surface area (Å²) in [5, 5.41) is 6.66. The van der Waals surface area contributed by atoms with Crippen LogP contribution in [0.3, 0.4) is 0 Å². The van der Waals surface area contributed by atoms with E-state index in [1.807, 2.05) is 26.8 Å². The fourth-order valence-corrected chi connectivity index (χ4v) is 5.40. The van der Waals surface area contributed by atoms with E-state index in [1.165, 1.54) is 6.42 Å². The summed E-state index contributed by atoms with van der Waals surface area (Å²) in [5.74, 6) is -0.469. The highest BCUT2D eigenvalue weighted by atomic mass is 16.6. The van der Waals surface area contributed by atoms with Crippen LogP contribution >= 0.6 is 0 Å². The van der Waals surface area contributed by atoms with Crippen LogP contribution in [0.1, 0.15) is 69.8 Å². The molecule has 2 N–H and O–H groups in total. The van der Waals surface area contributed by atoms with Gasteiger partial charge >= 0.3 is 6.09 Å². The molecular weight excluding hydrogens is 436 g/mol. The van der Waals surface area contributed by atoms with Crippen LogP contribution in [0.25, 0.3) is 11.0 Å². The predicted molar refractivity (Wildman–Crippen MR) is 125 cm³/mol. The Balaban J connectivity index is 1.35. The van der Waals surface area contributed by atoms with Gasteiger partial charge in [-0.25, -0.2) is 9.78 Å². The number of carbonyl (C=O) groups excluding carboxylic acids is 3. The van der Waals surface area contributed by atoms with Crippen molar-refractivity contribution < 1.29 is 19.1 Å². The highest BCUT2D eigenvalue weighted by Gasteiger charge is 2.41. The van der Waals surface area contributed by atoms with Gasteiger partial charge in [-0.2, -0.15) is 4.98 Å². The smallest absolute Gasteiger partial charge is 0.410 e. The molecule has 0 aromatic carbocycles. The van der Waals surface area contributed by atoms with E-state index in [0.717, 1.165) is 31.1 Å². The van der Waals surface area contributed by atoms with Crippen LogP contribution in [0.4, 0.5) is 10.7 Å². The minimum Gasteiger partial charge on any atom is -0.444 e. The molecule has 3 aliphatic rings. The Kier molecular flexibility index (Phi) is 5.49. The molecule has 10 heteroatoms. The lowest BCUT2D eigenvalue weighted by Gasteiger charge is -2.42. The highest BCUT2D eigenvalue weighted by Crippen LogP contribution is 2.40. The van der Waals surface area contributed by atoms with Crippen molar-refractivity contribution in [3.63, 3.8) is 0 Å². The van der Waals surface area contributed by atoms with Crippen molar-refractivity contribution >= 4 is 34.9 Å². The number of nitrogens with one attached hydrogen (secondary N) is 2. The number of aromatic nitrogens is 3. The molecule has 2 aromatic heterocycles. The number of anilines is 1. The van der Waals surface area contributed by atoms with Gasteiger partial charge in [-0.15, -0.1) is 0 Å². The Hall–Kier alpha value is -3.17. The van der Waals surface area contributed by atoms with Crippen LogP contribution in [-0.4, -0.2) is 62.6 Å². The molecule has 0 radical (unpaired) electrons. The second-order valence-corrected chi connectivity index (χ2v) is 10.7. The zero-order valence-corrected chi connectivity index (χ0v) is 20.0. The van der Waals surface area contributed by atoms with Gasteiger partial charge in [-0.3, -0.25) is 14.9 Å². The first-order valence-corrected chi connectivity index (χ1v) is 12.1. The van der Waals surface area contributed by atoms with Crippen LogP contribution in [-0.2, 0) is 15.1 Å². The number of hydrogen-bond donors (Lipinski definition) is 2. The molecule has 5 rings (SSSR count). The Morgan fingerprint density at radius 3 is 2.74 bits per heavy atom. The topological polar surface area (TPSA) is 118 Å². The lowest BCUT2D eigenvalue weighted by molar-refractivity contribution is -0.119. The number of rotatable bonds is 2. The molecule has 3 amide bonds. The number of ether oxygens (including phenoxy) is 1. The molecule has 0 bridgehead atoms. The summed E-state index contributed by atoms with van der Waals surface area (Å²) in [7, 11) is 0. The molecule has 2 fully saturated rings. The second kappa shape index (κ2) is 8.25. The quantitative estimate of drug-likeness (QED) is 0.699. The molecule has 1 spiro atoms. The second-order valence-electron chi connectivity index (χ2n) is 10.7. The van der Waals surface area contributed by atoms with Crippen molar-refractivity contribution in [3.05, 3.63) is 18.0 Å². The van der Waals surface area contributed by atoms with E-state index < -0.39 is 11.7 Å². The zero-order chi connectivity index (χ0) is 24.1. The summed E-state index contributed by atoms with van der Waals surface area (Å²) in [6, 6.07) is 1.83. The Bertz CT molecular complexity index is 1140. The number of fused-ring (bicyclic) bond motifs is 4. The summed E-state index contributed by atoms with van der Waals surface area (Å²) >= 11 is 0. The normalized spacial score (nSPS) is 21.9. The minimum atomic E-state index is -0.580. The van der Waals surface area contributed by atoms with Gasteiger partial charge in [-0.1, -0.05) is 19.3 Å². The van der Waals surface area contributed by atoms with E-state index in [2.05, 4.69) is 25.2 Å². The predicted octanol–water partition coefficient (Wildman–Crippen LogP) is 3.03. The lowest BCUT2D eigenvalue weighted by Crippen LogP contribution is -2.52. The average Bonchev–Trinajstić information content (AvgIpc) is 3.42. The molecule has 0 unspecified atom stereocenters. The number of amides is 3. The van der Waals surface area contributed by atoms with Crippen LogP contribution in [0, 0.1) is 5.92 Å². The Morgan fingerprint density at radius 2 is 2.00 bits per heavy atom. The third-order valence-corrected chi connectivity index (χ3v) is 7.06. The van der Waals surface area contributed by atoms with E-state index in [9.17, 15) is 14.4 Å². The van der Waals surface area contributed by atoms with Crippen molar-refractivity contribution in [1.29, 1.82) is 0 Å². The van der Waals surface area contributed by atoms with E-state index in [1.54, 1.807) is 11.1 Å². The molecule has 1 saturated heterocycles. The maximum atomic E-state index is 12.9. The minimum absolute atomic E-state index is 0.104. The number of hydrogen-bond acceptors (Lipinski definition) is 6. The molecule has 34 heavy (non-hydrogen) atoms. The molecule has 2 aromatic rings. The number of nitrogens with zero attached hydrogens (tertiary/aromatic N) is 4. The van der Waals surface area contributed by atoms with Gasteiger partial charge in [0.15, 0.2) is 0 Å². The summed E-state index contributed by atoms with van der Waals surface area (Å²) < 4.78 is 7.50. The summed E-state index contributed by atoms with van der Waals surface area (Å²) in [4.78, 5) is 48.4. The van der Waals surface area contributed by atoms with Gasteiger partial charge in [0.05, 0.1) is 11.5 Å². The molecular formula is C24H32N6O4. The highest BCUT2D eigenvalue weighted by molar-refractivity contribution is 5.99. The van der Waals surface area contributed by atoms with Crippen molar-refractivity contribution in [3.8, 4) is 0 Å². The maximum absolute atomic E-state index is 12.9. The summed E-state index contributed by atoms with van der Waals surface area (Å²) in [6.45, 7) is 6.82. The molecule has 4 heterocycles. The van der Waals surface area contributed by atoms with Crippen molar-refractivity contribution in [2.45, 2.75) is 70.4 Å². The van der Waals surface area contributed by atoms with Crippen molar-refractivity contribution in [2.24, 2.45) is 5.92 Å². The van der Waals surface area contributed by atoms with E-state index in [-0.39, 0.29) is 29.2 Å². The summed E-state index contributed by atoms with van der Waals surface area (Å²) in [5.41, 5.74) is 0.519. The fraction of sp³-hybridized carbons (Fsp3) is 0.625. The third kappa shape index (κ3) is 4.10. The van der Waals surface area contributed by atoms with Gasteiger partial charge in [0.1, 0.15) is 16.9 Å². The molecule has 1 aliphatic carbocycles. The SMILES string of the molecule is CC(C)(C)OC(=O)N1CC[C@@H](C(=O)Nc2ncc3cc4n(c3n2)C2(CCCCC2)CNC4=O)C1. The first-order chi connectivity index (χ1) is 16.2. The molecule has 10 nitrogen and oxygen atoms in total.